The summed E-state index contributed by atoms with van der Waals surface area (Å²) in [5, 5.41) is 10.2. The van der Waals surface area contributed by atoms with E-state index in [9.17, 15) is 14.0 Å². The van der Waals surface area contributed by atoms with Crippen LogP contribution in [0.1, 0.15) is 10.4 Å². The molecule has 5 heteroatoms. The van der Waals surface area contributed by atoms with Gasteiger partial charge in [0.2, 0.25) is 0 Å². The van der Waals surface area contributed by atoms with E-state index >= 15 is 0 Å². The summed E-state index contributed by atoms with van der Waals surface area (Å²) in [6, 6.07) is 4.91. The first kappa shape index (κ1) is 10.2. The van der Waals surface area contributed by atoms with Gasteiger partial charge in [-0.1, -0.05) is 0 Å². The molecule has 0 bridgehead atoms. The molecular formula is C9H8FNO3. The maximum atomic E-state index is 12.4. The van der Waals surface area contributed by atoms with Gasteiger partial charge in [-0.2, -0.15) is 0 Å². The summed E-state index contributed by atoms with van der Waals surface area (Å²) in [7, 11) is 0. The molecule has 74 valence electrons. The van der Waals surface area contributed by atoms with E-state index in [0.717, 1.165) is 12.1 Å². The van der Waals surface area contributed by atoms with Gasteiger partial charge in [-0.3, -0.25) is 4.79 Å². The maximum Gasteiger partial charge on any atom is 0.405 e. The van der Waals surface area contributed by atoms with Crippen LogP contribution in [-0.2, 0) is 0 Å². The minimum atomic E-state index is -1.26. The van der Waals surface area contributed by atoms with Gasteiger partial charge < -0.3 is 10.4 Å². The lowest BCUT2D eigenvalue weighted by Gasteiger charge is -2.00. The lowest BCUT2D eigenvalue weighted by atomic mass is 10.1. The third kappa shape index (κ3) is 2.85. The van der Waals surface area contributed by atoms with Crippen molar-refractivity contribution in [2.45, 2.75) is 0 Å². The molecule has 0 atom stereocenters. The molecule has 0 heterocycles. The van der Waals surface area contributed by atoms with Crippen molar-refractivity contribution in [3.05, 3.63) is 35.6 Å². The van der Waals surface area contributed by atoms with Crippen LogP contribution in [0, 0.1) is 5.82 Å². The van der Waals surface area contributed by atoms with Crippen molar-refractivity contribution in [1.82, 2.24) is 5.32 Å². The molecule has 0 spiro atoms. The zero-order valence-corrected chi connectivity index (χ0v) is 7.16. The summed E-state index contributed by atoms with van der Waals surface area (Å²) < 4.78 is 12.4. The van der Waals surface area contributed by atoms with E-state index in [1.165, 1.54) is 12.1 Å². The summed E-state index contributed by atoms with van der Waals surface area (Å²) >= 11 is 0. The number of Topliss-reactive ketones (excluding diaryl/α,β-unsaturated/α-hetero) is 1. The molecule has 14 heavy (non-hydrogen) atoms. The van der Waals surface area contributed by atoms with E-state index in [-0.39, 0.29) is 12.1 Å². The zero-order chi connectivity index (χ0) is 10.6. The van der Waals surface area contributed by atoms with Crippen molar-refractivity contribution < 1.29 is 19.1 Å². The first-order valence-electron chi connectivity index (χ1n) is 3.85. The highest BCUT2D eigenvalue weighted by molar-refractivity contribution is 5.98. The molecule has 0 aliphatic carbocycles. The van der Waals surface area contributed by atoms with Crippen LogP contribution in [0.25, 0.3) is 0 Å². The number of carboxylic acid groups (broad SMARTS) is 1. The fraction of sp³-hybridized carbons (Fsp3) is 0.111. The van der Waals surface area contributed by atoms with Crippen LogP contribution in [-0.4, -0.2) is 23.5 Å². The van der Waals surface area contributed by atoms with Crippen molar-refractivity contribution in [2.24, 2.45) is 0 Å². The molecule has 1 amide bonds. The quantitative estimate of drug-likeness (QED) is 0.717. The largest absolute Gasteiger partial charge is 0.465 e. The Morgan fingerprint density at radius 1 is 1.29 bits per heavy atom. The molecule has 0 saturated heterocycles. The average molecular weight is 197 g/mol. The van der Waals surface area contributed by atoms with E-state index in [2.05, 4.69) is 0 Å². The number of rotatable bonds is 3. The molecule has 1 aromatic carbocycles. The zero-order valence-electron chi connectivity index (χ0n) is 7.16. The second-order valence-corrected chi connectivity index (χ2v) is 2.59. The normalized spacial score (nSPS) is 9.50. The Labute approximate surface area is 79.4 Å². The monoisotopic (exact) mass is 197 g/mol. The molecule has 2 N–H and O–H groups in total. The van der Waals surface area contributed by atoms with Crippen LogP contribution in [0.15, 0.2) is 24.3 Å². The number of nitrogens with one attached hydrogen (secondary N) is 1. The fourth-order valence-corrected chi connectivity index (χ4v) is 0.894. The Morgan fingerprint density at radius 3 is 2.36 bits per heavy atom. The fourth-order valence-electron chi connectivity index (χ4n) is 0.894. The number of amides is 1. The minimum absolute atomic E-state index is 0.278. The van der Waals surface area contributed by atoms with Crippen LogP contribution in [0.3, 0.4) is 0 Å². The van der Waals surface area contributed by atoms with Crippen LogP contribution in [0.2, 0.25) is 0 Å². The molecule has 0 unspecified atom stereocenters. The van der Waals surface area contributed by atoms with Gasteiger partial charge in [-0.15, -0.1) is 0 Å². The number of benzene rings is 1. The van der Waals surface area contributed by atoms with Gasteiger partial charge in [0.1, 0.15) is 5.82 Å². The number of hydrogen-bond acceptors (Lipinski definition) is 2. The van der Waals surface area contributed by atoms with Crippen molar-refractivity contribution in [3.63, 3.8) is 0 Å². The second-order valence-electron chi connectivity index (χ2n) is 2.59. The molecule has 0 radical (unpaired) electrons. The van der Waals surface area contributed by atoms with E-state index in [4.69, 9.17) is 5.11 Å². The smallest absolute Gasteiger partial charge is 0.405 e. The minimum Gasteiger partial charge on any atom is -0.465 e. The average Bonchev–Trinajstić information content (AvgIpc) is 2.15. The first-order valence-corrected chi connectivity index (χ1v) is 3.85. The third-order valence-corrected chi connectivity index (χ3v) is 1.57. The SMILES string of the molecule is O=C(O)NCC(=O)c1ccc(F)cc1. The predicted molar refractivity (Wildman–Crippen MR) is 46.8 cm³/mol. The van der Waals surface area contributed by atoms with E-state index < -0.39 is 17.7 Å². The van der Waals surface area contributed by atoms with Crippen LogP contribution >= 0.6 is 0 Å². The molecule has 4 nitrogen and oxygen atoms in total. The van der Waals surface area contributed by atoms with Gasteiger partial charge in [0.25, 0.3) is 0 Å². The van der Waals surface area contributed by atoms with Gasteiger partial charge in [-0.25, -0.2) is 9.18 Å². The molecule has 0 aromatic heterocycles. The Bertz CT molecular complexity index is 348. The molecule has 1 rings (SSSR count). The first-order chi connectivity index (χ1) is 6.59. The molecular weight excluding hydrogens is 189 g/mol. The summed E-state index contributed by atoms with van der Waals surface area (Å²) in [6.07, 6.45) is -1.26. The van der Waals surface area contributed by atoms with Gasteiger partial charge in [0.15, 0.2) is 5.78 Å². The van der Waals surface area contributed by atoms with E-state index in [1.807, 2.05) is 5.32 Å². The van der Waals surface area contributed by atoms with E-state index in [1.54, 1.807) is 0 Å². The Hall–Kier alpha value is -1.91. The van der Waals surface area contributed by atoms with Crippen molar-refractivity contribution in [2.75, 3.05) is 6.54 Å². The summed E-state index contributed by atoms with van der Waals surface area (Å²) in [5.74, 6) is -0.833. The number of carbonyl (C=O) groups is 2. The number of hydrogen-bond donors (Lipinski definition) is 2. The van der Waals surface area contributed by atoms with Crippen molar-refractivity contribution in [1.29, 1.82) is 0 Å². The highest BCUT2D eigenvalue weighted by Crippen LogP contribution is 2.02. The van der Waals surface area contributed by atoms with Gasteiger partial charge >= 0.3 is 6.09 Å². The number of halogens is 1. The van der Waals surface area contributed by atoms with Crippen LogP contribution < -0.4 is 5.32 Å². The lowest BCUT2D eigenvalue weighted by Crippen LogP contribution is -2.27. The van der Waals surface area contributed by atoms with Gasteiger partial charge in [0.05, 0.1) is 6.54 Å². The molecule has 0 aliphatic rings. The highest BCUT2D eigenvalue weighted by atomic mass is 19.1. The third-order valence-electron chi connectivity index (χ3n) is 1.57. The Balaban J connectivity index is 2.61. The van der Waals surface area contributed by atoms with Gasteiger partial charge in [-0.05, 0) is 24.3 Å². The summed E-state index contributed by atoms with van der Waals surface area (Å²) in [5.41, 5.74) is 0.278. The second kappa shape index (κ2) is 4.36. The molecule has 0 saturated carbocycles. The topological polar surface area (TPSA) is 66.4 Å². The maximum absolute atomic E-state index is 12.4. The molecule has 0 aliphatic heterocycles. The van der Waals surface area contributed by atoms with Crippen LogP contribution in [0.4, 0.5) is 9.18 Å². The number of ketones is 1. The Kier molecular flexibility index (Phi) is 3.17. The standard InChI is InChI=1S/C9H8FNO3/c10-7-3-1-6(2-4-7)8(12)5-11-9(13)14/h1-4,11H,5H2,(H,13,14). The number of carbonyl (C=O) groups excluding carboxylic acids is 1. The summed E-state index contributed by atoms with van der Waals surface area (Å²) in [6.45, 7) is -0.305. The van der Waals surface area contributed by atoms with Gasteiger partial charge in [0, 0.05) is 5.56 Å². The lowest BCUT2D eigenvalue weighted by molar-refractivity contribution is 0.0987. The highest BCUT2D eigenvalue weighted by Gasteiger charge is 2.06. The van der Waals surface area contributed by atoms with Crippen molar-refractivity contribution >= 4 is 11.9 Å². The van der Waals surface area contributed by atoms with Crippen LogP contribution in [0.5, 0.6) is 0 Å². The molecule has 1 aromatic rings. The van der Waals surface area contributed by atoms with Crippen molar-refractivity contribution in [3.8, 4) is 0 Å². The molecule has 0 fully saturated rings. The predicted octanol–water partition coefficient (Wildman–Crippen LogP) is 1.28. The van der Waals surface area contributed by atoms with E-state index in [0.29, 0.717) is 0 Å². The Morgan fingerprint density at radius 2 is 1.86 bits per heavy atom. The summed E-state index contributed by atoms with van der Waals surface area (Å²) in [4.78, 5) is 21.3.